The van der Waals surface area contributed by atoms with E-state index >= 15 is 0 Å². The van der Waals surface area contributed by atoms with E-state index in [1.54, 1.807) is 0 Å². The van der Waals surface area contributed by atoms with Crippen LogP contribution in [0.1, 0.15) is 0 Å². The lowest BCUT2D eigenvalue weighted by molar-refractivity contribution is 2.31. The Morgan fingerprint density at radius 3 is 0.419 bits per heavy atom. The Labute approximate surface area is 255 Å². The molecule has 0 fully saturated rings. The smallest absolute Gasteiger partial charge is 0 e. The Morgan fingerprint density at radius 2 is 0.302 bits per heavy atom. The Balaban J connectivity index is 4.53. The fourth-order valence-corrected chi connectivity index (χ4v) is 1.24. The highest BCUT2D eigenvalue weighted by atomic mass is 13.6. The first-order valence-electron chi connectivity index (χ1n) is 10.6. The Morgan fingerprint density at radius 1 is 0.186 bits per heavy atom. The molecule has 0 radical (unpaired) electrons. The second kappa shape index (κ2) is 32.6. The van der Waals surface area contributed by atoms with E-state index < -0.39 is 0 Å². The van der Waals surface area contributed by atoms with E-state index in [2.05, 4.69) is 250 Å². The average Bonchev–Trinajstić information content (AvgIpc) is 3.02. The van der Waals surface area contributed by atoms with Crippen molar-refractivity contribution in [2.24, 2.45) is 0 Å². The molecule has 0 aromatic heterocycles. The van der Waals surface area contributed by atoms with Crippen LogP contribution in [0.4, 0.5) is 0 Å². The van der Waals surface area contributed by atoms with Gasteiger partial charge >= 0.3 is 0 Å². The molecule has 0 atom stereocenters. The van der Waals surface area contributed by atoms with Crippen molar-refractivity contribution in [1.29, 1.82) is 0 Å². The monoisotopic (exact) mass is 519 g/mol. The highest BCUT2D eigenvalue weighted by Gasteiger charge is 1.61. The van der Waals surface area contributed by atoms with Gasteiger partial charge in [-0.05, 0) is 94.7 Å². The van der Waals surface area contributed by atoms with Crippen LogP contribution in [0.2, 0.25) is 0 Å². The summed E-state index contributed by atoms with van der Waals surface area (Å²) in [5.41, 5.74) is 0. The third kappa shape index (κ3) is 32.6. The minimum absolute atomic E-state index is 2.12. The zero-order valence-electron chi connectivity index (χ0n) is 21.8. The molecule has 176 valence electrons. The van der Waals surface area contributed by atoms with Gasteiger partial charge in [0.1, 0.15) is 0 Å². The topological polar surface area (TPSA) is 0 Å². The summed E-state index contributed by atoms with van der Waals surface area (Å²) in [5, 5.41) is 0. The van der Waals surface area contributed by atoms with Crippen molar-refractivity contribution in [3.8, 4) is 249 Å². The second-order valence-corrected chi connectivity index (χ2v) is 5.20. The molecule has 0 saturated carbocycles. The summed E-state index contributed by atoms with van der Waals surface area (Å²) in [6.07, 6.45) is 4.93. The minimum Gasteiger partial charge on any atom is -0.284 e. The molecule has 0 rings (SSSR count). The average molecular weight is 519 g/mol. The number of hydrogen-bond acceptors (Lipinski definition) is 0. The van der Waals surface area contributed by atoms with Gasteiger partial charge in [0.15, 0.2) is 0 Å². The van der Waals surface area contributed by atoms with Gasteiger partial charge in [-0.3, -0.25) is 5.92 Å². The lowest BCUT2D eigenvalue weighted by atomic mass is 10.4. The Hall–Kier alpha value is -9.37. The van der Waals surface area contributed by atoms with Crippen molar-refractivity contribution in [2.75, 3.05) is 0 Å². The predicted molar refractivity (Wildman–Crippen MR) is 170 cm³/mol. The van der Waals surface area contributed by atoms with Crippen LogP contribution < -0.4 is 0 Å². The van der Waals surface area contributed by atoms with E-state index in [4.69, 9.17) is 6.42 Å². The zero-order valence-corrected chi connectivity index (χ0v) is 21.8. The standard InChI is InChI=1S/C43H3/c1-3-5-7-9-11-13-15-17-19-21-23-25-27-29-31-33-35-37-39-41-43-42-40-38-36-34-32-30-28-26-24-22-20-18-16-14-12-10-8-6-4-2/h1H,2H2/q-1. The van der Waals surface area contributed by atoms with Crippen molar-refractivity contribution >= 4 is 0 Å². The molecule has 0 saturated heterocycles. The molecule has 0 N–H and O–H groups in total. The van der Waals surface area contributed by atoms with Crippen LogP contribution in [0.3, 0.4) is 0 Å². The highest BCUT2D eigenvalue weighted by Crippen LogP contribution is 1.61. The van der Waals surface area contributed by atoms with Gasteiger partial charge in [-0.2, -0.15) is 6.92 Å². The van der Waals surface area contributed by atoms with Crippen LogP contribution in [-0.4, -0.2) is 0 Å². The molecule has 0 bridgehead atoms. The number of terminal acetylenes is 1. The molecular formula is C43H3-. The summed E-state index contributed by atoms with van der Waals surface area (Å²) in [5.74, 6) is 101. The third-order valence-electron chi connectivity index (χ3n) is 2.54. The number of hydrogen-bond donors (Lipinski definition) is 0. The molecule has 0 spiro atoms. The summed E-state index contributed by atoms with van der Waals surface area (Å²) in [7, 11) is 0. The maximum Gasteiger partial charge on any atom is 0 e. The van der Waals surface area contributed by atoms with Crippen LogP contribution in [0, 0.1) is 256 Å². The minimum atomic E-state index is 2.12. The molecule has 0 unspecified atom stereocenters. The summed E-state index contributed by atoms with van der Waals surface area (Å²) < 4.78 is 0. The Bertz CT molecular complexity index is 2510. The fourth-order valence-electron chi connectivity index (χ4n) is 1.24. The largest absolute Gasteiger partial charge is 0.284 e. The van der Waals surface area contributed by atoms with Crippen LogP contribution >= 0.6 is 0 Å². The van der Waals surface area contributed by atoms with Crippen molar-refractivity contribution in [2.45, 2.75) is 0 Å². The van der Waals surface area contributed by atoms with Gasteiger partial charge in [-0.15, -0.1) is 12.3 Å². The van der Waals surface area contributed by atoms with Gasteiger partial charge in [0, 0.05) is 130 Å². The first kappa shape index (κ1) is 33.6. The molecule has 0 nitrogen and oxygen atoms in total. The first-order valence-corrected chi connectivity index (χ1v) is 10.6. The van der Waals surface area contributed by atoms with E-state index in [1.165, 1.54) is 0 Å². The van der Waals surface area contributed by atoms with Crippen molar-refractivity contribution < 1.29 is 0 Å². The van der Waals surface area contributed by atoms with Gasteiger partial charge in [0.05, 0.1) is 0 Å². The Kier molecular flexibility index (Phi) is 25.5. The molecule has 0 heteroatoms. The molecule has 0 amide bonds. The fraction of sp³-hybridized carbons (Fsp3) is 0. The van der Waals surface area contributed by atoms with Crippen molar-refractivity contribution in [3.05, 3.63) is 6.92 Å². The summed E-state index contributed by atoms with van der Waals surface area (Å²) >= 11 is 0. The third-order valence-corrected chi connectivity index (χ3v) is 2.54. The van der Waals surface area contributed by atoms with Crippen LogP contribution in [0.25, 0.3) is 0 Å². The first-order chi connectivity index (χ1) is 21.4. The van der Waals surface area contributed by atoms with Crippen LogP contribution in [0.5, 0.6) is 0 Å². The van der Waals surface area contributed by atoms with E-state index in [9.17, 15) is 0 Å². The quantitative estimate of drug-likeness (QED) is 0.324. The van der Waals surface area contributed by atoms with E-state index in [-0.39, 0.29) is 0 Å². The molecular weight excluding hydrogens is 516 g/mol. The second-order valence-electron chi connectivity index (χ2n) is 5.20. The maximum absolute atomic E-state index is 4.93. The number of rotatable bonds is 0. The van der Waals surface area contributed by atoms with Crippen LogP contribution in [0.15, 0.2) is 0 Å². The molecule has 0 aliphatic rings. The van der Waals surface area contributed by atoms with Gasteiger partial charge in [-0.1, -0.05) is 0 Å². The predicted octanol–water partition coefficient (Wildman–Crippen LogP) is 0.522. The van der Waals surface area contributed by atoms with Gasteiger partial charge in [0.2, 0.25) is 0 Å². The molecule has 0 heterocycles. The molecule has 0 aliphatic heterocycles. The molecule has 43 heavy (non-hydrogen) atoms. The SMILES string of the molecule is C#CC#CC#CC#CC#CC#CC#CC#CC#CC#CC#CC#CC#CC#CC#CC#CC#CC#CC#CC#CC#C[CH2-]. The highest BCUT2D eigenvalue weighted by molar-refractivity contribution is 5.50. The summed E-state index contributed by atoms with van der Waals surface area (Å²) in [6.45, 7) is 3.31. The lowest BCUT2D eigenvalue weighted by Gasteiger charge is -1.64. The van der Waals surface area contributed by atoms with Crippen molar-refractivity contribution in [1.82, 2.24) is 0 Å². The normalized spacial score (nSPS) is 3.88. The van der Waals surface area contributed by atoms with E-state index in [0.29, 0.717) is 0 Å². The van der Waals surface area contributed by atoms with E-state index in [1.807, 2.05) is 0 Å². The van der Waals surface area contributed by atoms with Gasteiger partial charge in [-0.25, -0.2) is 5.92 Å². The van der Waals surface area contributed by atoms with Crippen LogP contribution in [-0.2, 0) is 0 Å². The zero-order chi connectivity index (χ0) is 31.0. The molecule has 0 aromatic rings. The van der Waals surface area contributed by atoms with Gasteiger partial charge < -0.3 is 0 Å². The maximum atomic E-state index is 4.93. The summed E-state index contributed by atoms with van der Waals surface area (Å²) in [4.78, 5) is 0. The van der Waals surface area contributed by atoms with Crippen molar-refractivity contribution in [3.63, 3.8) is 0 Å². The van der Waals surface area contributed by atoms with Gasteiger partial charge in [0.25, 0.3) is 0 Å². The molecule has 0 aromatic carbocycles. The lowest BCUT2D eigenvalue weighted by Crippen LogP contribution is -1.57. The molecule has 0 aliphatic carbocycles. The van der Waals surface area contributed by atoms with E-state index in [0.717, 1.165) is 0 Å². The summed E-state index contributed by atoms with van der Waals surface area (Å²) in [6, 6.07) is 0.